The zero-order chi connectivity index (χ0) is 21.0. The Hall–Kier alpha value is -3.21. The summed E-state index contributed by atoms with van der Waals surface area (Å²) in [5, 5.41) is 12.2. The molecule has 29 heavy (non-hydrogen) atoms. The molecule has 3 amide bonds. The lowest BCUT2D eigenvalue weighted by Crippen LogP contribution is -2.52. The van der Waals surface area contributed by atoms with Gasteiger partial charge in [-0.05, 0) is 31.9 Å². The Bertz CT molecular complexity index is 848. The highest BCUT2D eigenvalue weighted by Gasteiger charge is 2.37. The summed E-state index contributed by atoms with van der Waals surface area (Å²) in [6.45, 7) is 1.31. The summed E-state index contributed by atoms with van der Waals surface area (Å²) in [7, 11) is 0. The second-order valence-electron chi connectivity index (χ2n) is 7.43. The largest absolute Gasteiger partial charge is 0.452 e. The van der Waals surface area contributed by atoms with Gasteiger partial charge in [0, 0.05) is 6.54 Å². The van der Waals surface area contributed by atoms with Gasteiger partial charge in [-0.15, -0.1) is 0 Å². The fraction of sp³-hybridized carbons (Fsp3) is 0.476. The molecule has 2 aliphatic rings. The van der Waals surface area contributed by atoms with Crippen LogP contribution in [0.1, 0.15) is 66.2 Å². The van der Waals surface area contributed by atoms with E-state index in [0.717, 1.165) is 24.2 Å². The molecule has 0 spiro atoms. The minimum absolute atomic E-state index is 0.123. The van der Waals surface area contributed by atoms with Gasteiger partial charge in [-0.1, -0.05) is 31.4 Å². The van der Waals surface area contributed by atoms with Crippen molar-refractivity contribution in [2.24, 2.45) is 0 Å². The van der Waals surface area contributed by atoms with Crippen LogP contribution in [0.25, 0.3) is 0 Å². The van der Waals surface area contributed by atoms with Crippen molar-refractivity contribution in [3.63, 3.8) is 0 Å². The summed E-state index contributed by atoms with van der Waals surface area (Å²) in [5.41, 5.74) is -0.281. The zero-order valence-electron chi connectivity index (χ0n) is 16.3. The molecule has 3 rings (SSSR count). The van der Waals surface area contributed by atoms with Crippen LogP contribution in [0.3, 0.4) is 0 Å². The minimum Gasteiger partial charge on any atom is -0.452 e. The average molecular weight is 397 g/mol. The Balaban J connectivity index is 1.51. The molecular weight excluding hydrogens is 374 g/mol. The molecule has 1 fully saturated rings. The smallest absolute Gasteiger partial charge is 0.308 e. The van der Waals surface area contributed by atoms with Gasteiger partial charge in [0.25, 0.3) is 17.7 Å². The van der Waals surface area contributed by atoms with E-state index in [-0.39, 0.29) is 13.0 Å². The Morgan fingerprint density at radius 1 is 1.17 bits per heavy atom. The number of nitrogens with one attached hydrogen (secondary N) is 1. The van der Waals surface area contributed by atoms with Gasteiger partial charge in [0.1, 0.15) is 5.54 Å². The lowest BCUT2D eigenvalue weighted by Gasteiger charge is -2.32. The van der Waals surface area contributed by atoms with Gasteiger partial charge >= 0.3 is 5.97 Å². The quantitative estimate of drug-likeness (QED) is 0.579. The van der Waals surface area contributed by atoms with Crippen molar-refractivity contribution in [3.05, 3.63) is 35.4 Å². The number of imide groups is 1. The average Bonchev–Trinajstić information content (AvgIpc) is 2.97. The highest BCUT2D eigenvalue weighted by Crippen LogP contribution is 2.27. The highest BCUT2D eigenvalue weighted by molar-refractivity contribution is 6.21. The number of ether oxygens (including phenoxy) is 1. The summed E-state index contributed by atoms with van der Waals surface area (Å²) in [6.07, 6.45) is 2.63. The second-order valence-corrected chi connectivity index (χ2v) is 7.43. The number of benzene rings is 1. The van der Waals surface area contributed by atoms with Gasteiger partial charge in [0.15, 0.2) is 6.10 Å². The molecule has 8 nitrogen and oxygen atoms in total. The van der Waals surface area contributed by atoms with Crippen molar-refractivity contribution in [1.29, 1.82) is 5.26 Å². The van der Waals surface area contributed by atoms with E-state index in [1.807, 2.05) is 0 Å². The van der Waals surface area contributed by atoms with Crippen LogP contribution in [-0.4, -0.2) is 46.8 Å². The Labute approximate surface area is 168 Å². The molecule has 152 valence electrons. The maximum Gasteiger partial charge on any atom is 0.308 e. The van der Waals surface area contributed by atoms with E-state index < -0.39 is 35.3 Å². The first kappa shape index (κ1) is 20.5. The molecule has 8 heteroatoms. The van der Waals surface area contributed by atoms with Crippen molar-refractivity contribution in [2.45, 2.75) is 57.1 Å². The second kappa shape index (κ2) is 8.43. The van der Waals surface area contributed by atoms with Crippen LogP contribution in [0.5, 0.6) is 0 Å². The Morgan fingerprint density at radius 3 is 2.31 bits per heavy atom. The van der Waals surface area contributed by atoms with Crippen molar-refractivity contribution in [3.8, 4) is 6.07 Å². The number of hydrogen-bond donors (Lipinski definition) is 1. The van der Waals surface area contributed by atoms with Crippen LogP contribution in [-0.2, 0) is 14.3 Å². The van der Waals surface area contributed by atoms with E-state index in [9.17, 15) is 24.4 Å². The third-order valence-corrected chi connectivity index (χ3v) is 5.38. The van der Waals surface area contributed by atoms with E-state index >= 15 is 0 Å². The van der Waals surface area contributed by atoms with Gasteiger partial charge in [-0.3, -0.25) is 24.1 Å². The van der Waals surface area contributed by atoms with Gasteiger partial charge in [-0.25, -0.2) is 0 Å². The number of amides is 3. The molecule has 1 atom stereocenters. The first-order chi connectivity index (χ1) is 13.9. The lowest BCUT2D eigenvalue weighted by molar-refractivity contribution is -0.155. The van der Waals surface area contributed by atoms with Crippen LogP contribution in [0.4, 0.5) is 0 Å². The van der Waals surface area contributed by atoms with Crippen molar-refractivity contribution < 1.29 is 23.9 Å². The Kier molecular flexibility index (Phi) is 5.97. The molecule has 1 unspecified atom stereocenters. The standard InChI is InChI=1S/C21H23N3O5/c1-14(18(26)23-21(13-22)10-5-2-6-11-21)29-17(25)9-12-24-19(27)15-7-3-4-8-16(15)20(24)28/h3-4,7-8,14H,2,5-6,9-12H2,1H3,(H,23,26). The fourth-order valence-electron chi connectivity index (χ4n) is 3.71. The molecule has 1 aliphatic carbocycles. The maximum absolute atomic E-state index is 12.4. The number of nitriles is 1. The molecule has 1 saturated carbocycles. The first-order valence-electron chi connectivity index (χ1n) is 9.75. The normalized spacial score (nSPS) is 18.6. The van der Waals surface area contributed by atoms with Gasteiger partial charge < -0.3 is 10.1 Å². The lowest BCUT2D eigenvalue weighted by atomic mass is 9.83. The number of rotatable bonds is 6. The first-order valence-corrected chi connectivity index (χ1v) is 9.75. The van der Waals surface area contributed by atoms with E-state index in [1.54, 1.807) is 24.3 Å². The number of esters is 1. The predicted molar refractivity (Wildman–Crippen MR) is 102 cm³/mol. The summed E-state index contributed by atoms with van der Waals surface area (Å²) in [4.78, 5) is 50.1. The number of hydrogen-bond acceptors (Lipinski definition) is 6. The molecular formula is C21H23N3O5. The molecule has 0 radical (unpaired) electrons. The maximum atomic E-state index is 12.4. The molecule has 1 aliphatic heterocycles. The van der Waals surface area contributed by atoms with E-state index in [2.05, 4.69) is 11.4 Å². The third-order valence-electron chi connectivity index (χ3n) is 5.38. The van der Waals surface area contributed by atoms with Crippen molar-refractivity contribution >= 4 is 23.7 Å². The van der Waals surface area contributed by atoms with Crippen LogP contribution in [0.15, 0.2) is 24.3 Å². The summed E-state index contributed by atoms with van der Waals surface area (Å²) in [6, 6.07) is 8.65. The van der Waals surface area contributed by atoms with E-state index in [0.29, 0.717) is 24.0 Å². The van der Waals surface area contributed by atoms with Gasteiger partial charge in [-0.2, -0.15) is 5.26 Å². The highest BCUT2D eigenvalue weighted by atomic mass is 16.5. The van der Waals surface area contributed by atoms with Crippen LogP contribution < -0.4 is 5.32 Å². The molecule has 1 aromatic carbocycles. The van der Waals surface area contributed by atoms with Crippen LogP contribution in [0.2, 0.25) is 0 Å². The van der Waals surface area contributed by atoms with Crippen LogP contribution in [0, 0.1) is 11.3 Å². The molecule has 1 N–H and O–H groups in total. The minimum atomic E-state index is -1.07. The predicted octanol–water partition coefficient (Wildman–Crippen LogP) is 1.95. The molecule has 0 saturated heterocycles. The third kappa shape index (κ3) is 4.29. The zero-order valence-corrected chi connectivity index (χ0v) is 16.3. The summed E-state index contributed by atoms with van der Waals surface area (Å²) >= 11 is 0. The number of carbonyl (C=O) groups excluding carboxylic acids is 4. The van der Waals surface area contributed by atoms with Crippen molar-refractivity contribution in [1.82, 2.24) is 10.2 Å². The molecule has 1 aromatic rings. The number of nitrogens with zero attached hydrogens (tertiary/aromatic N) is 2. The van der Waals surface area contributed by atoms with Gasteiger partial charge in [0.2, 0.25) is 0 Å². The fourth-order valence-corrected chi connectivity index (χ4v) is 3.71. The Morgan fingerprint density at radius 2 is 1.76 bits per heavy atom. The molecule has 0 aromatic heterocycles. The van der Waals surface area contributed by atoms with Crippen LogP contribution >= 0.6 is 0 Å². The van der Waals surface area contributed by atoms with E-state index in [1.165, 1.54) is 6.92 Å². The summed E-state index contributed by atoms with van der Waals surface area (Å²) in [5.74, 6) is -2.11. The molecule has 1 heterocycles. The monoisotopic (exact) mass is 397 g/mol. The molecule has 0 bridgehead atoms. The summed E-state index contributed by atoms with van der Waals surface area (Å²) < 4.78 is 5.14. The van der Waals surface area contributed by atoms with E-state index in [4.69, 9.17) is 4.74 Å². The topological polar surface area (TPSA) is 117 Å². The SMILES string of the molecule is CC(OC(=O)CCN1C(=O)c2ccccc2C1=O)C(=O)NC1(C#N)CCCCC1. The van der Waals surface area contributed by atoms with Gasteiger partial charge in [0.05, 0.1) is 23.6 Å². The number of carbonyl (C=O) groups is 4. The number of fused-ring (bicyclic) bond motifs is 1. The van der Waals surface area contributed by atoms with Crippen molar-refractivity contribution in [2.75, 3.05) is 6.54 Å².